The second-order valence-electron chi connectivity index (χ2n) is 6.49. The van der Waals surface area contributed by atoms with Crippen LogP contribution in [0.25, 0.3) is 15.3 Å². The number of hydrogen-bond donors (Lipinski definition) is 1. The van der Waals surface area contributed by atoms with Gasteiger partial charge in [0.1, 0.15) is 0 Å². The molecule has 154 valence electrons. The molecule has 10 heteroatoms. The van der Waals surface area contributed by atoms with Crippen LogP contribution in [0.3, 0.4) is 0 Å². The topological polar surface area (TPSA) is 63.0 Å². The molecule has 0 spiro atoms. The van der Waals surface area contributed by atoms with E-state index in [0.29, 0.717) is 10.5 Å². The van der Waals surface area contributed by atoms with E-state index < -0.39 is 23.0 Å². The molecule has 0 saturated carbocycles. The highest BCUT2D eigenvalue weighted by Crippen LogP contribution is 2.31. The van der Waals surface area contributed by atoms with Crippen molar-refractivity contribution in [2.24, 2.45) is 4.99 Å². The lowest BCUT2D eigenvalue weighted by Crippen LogP contribution is -2.20. The standard InChI is InChI=1S/C20H14ClF3N4OS/c1-11(25-10-12-6-8-13(21)9-7-12)16-17(20(22,23)24)27-28(18(16)29)19-26-14-4-2-3-5-15(14)30-19/h2-9,27H,10H2,1H3. The Bertz CT molecular complexity index is 1270. The molecule has 30 heavy (non-hydrogen) atoms. The van der Waals surface area contributed by atoms with E-state index in [0.717, 1.165) is 26.3 Å². The number of aromatic nitrogens is 3. The minimum absolute atomic E-state index is 0.0154. The van der Waals surface area contributed by atoms with Crippen molar-refractivity contribution in [3.63, 3.8) is 0 Å². The number of H-pyrrole nitrogens is 1. The van der Waals surface area contributed by atoms with Gasteiger partial charge in [0, 0.05) is 10.7 Å². The van der Waals surface area contributed by atoms with Crippen LogP contribution in [0.2, 0.25) is 5.02 Å². The van der Waals surface area contributed by atoms with Crippen molar-refractivity contribution in [2.75, 3.05) is 0 Å². The molecular formula is C20H14ClF3N4OS. The van der Waals surface area contributed by atoms with Gasteiger partial charge in [-0.1, -0.05) is 47.2 Å². The second kappa shape index (κ2) is 7.73. The fourth-order valence-electron chi connectivity index (χ4n) is 2.95. The summed E-state index contributed by atoms with van der Waals surface area (Å²) >= 11 is 6.96. The van der Waals surface area contributed by atoms with Crippen LogP contribution in [0, 0.1) is 0 Å². The molecule has 2 aromatic carbocycles. The monoisotopic (exact) mass is 450 g/mol. The first-order chi connectivity index (χ1) is 14.2. The van der Waals surface area contributed by atoms with Crippen molar-refractivity contribution >= 4 is 38.9 Å². The third-order valence-electron chi connectivity index (χ3n) is 4.42. The van der Waals surface area contributed by atoms with Gasteiger partial charge in [-0.15, -0.1) is 0 Å². The second-order valence-corrected chi connectivity index (χ2v) is 7.94. The average molecular weight is 451 g/mol. The van der Waals surface area contributed by atoms with Crippen LogP contribution in [0.1, 0.15) is 23.7 Å². The highest BCUT2D eigenvalue weighted by atomic mass is 35.5. The summed E-state index contributed by atoms with van der Waals surface area (Å²) in [4.78, 5) is 21.4. The van der Waals surface area contributed by atoms with Crippen molar-refractivity contribution < 1.29 is 13.2 Å². The van der Waals surface area contributed by atoms with E-state index in [9.17, 15) is 18.0 Å². The molecule has 0 radical (unpaired) electrons. The van der Waals surface area contributed by atoms with Gasteiger partial charge in [0.25, 0.3) is 5.56 Å². The zero-order chi connectivity index (χ0) is 21.5. The summed E-state index contributed by atoms with van der Waals surface area (Å²) in [6.45, 7) is 1.50. The summed E-state index contributed by atoms with van der Waals surface area (Å²) in [7, 11) is 0. The summed E-state index contributed by atoms with van der Waals surface area (Å²) in [6.07, 6.45) is -4.76. The first-order valence-corrected chi connectivity index (χ1v) is 9.97. The Morgan fingerprint density at radius 1 is 1.20 bits per heavy atom. The number of aliphatic imine (C=N–C) groups is 1. The molecule has 4 rings (SSSR count). The van der Waals surface area contributed by atoms with Crippen LogP contribution in [-0.2, 0) is 12.7 Å². The van der Waals surface area contributed by atoms with Gasteiger partial charge in [0.2, 0.25) is 5.13 Å². The average Bonchev–Trinajstić information content (AvgIpc) is 3.28. The molecule has 4 aromatic rings. The fourth-order valence-corrected chi connectivity index (χ4v) is 4.00. The molecule has 0 amide bonds. The van der Waals surface area contributed by atoms with Crippen molar-refractivity contribution in [3.05, 3.63) is 80.7 Å². The lowest BCUT2D eigenvalue weighted by molar-refractivity contribution is -0.141. The molecule has 0 unspecified atom stereocenters. The number of hydrogen-bond acceptors (Lipinski definition) is 4. The first kappa shape index (κ1) is 20.4. The Hall–Kier alpha value is -2.91. The first-order valence-electron chi connectivity index (χ1n) is 8.78. The van der Waals surface area contributed by atoms with Gasteiger partial charge in [-0.25, -0.2) is 4.98 Å². The summed E-state index contributed by atoms with van der Waals surface area (Å²) in [5.74, 6) is 0. The van der Waals surface area contributed by atoms with Gasteiger partial charge in [-0.2, -0.15) is 17.9 Å². The van der Waals surface area contributed by atoms with E-state index in [-0.39, 0.29) is 17.4 Å². The lowest BCUT2D eigenvalue weighted by atomic mass is 10.1. The maximum absolute atomic E-state index is 13.7. The molecule has 0 saturated heterocycles. The predicted molar refractivity (Wildman–Crippen MR) is 112 cm³/mol. The normalized spacial score (nSPS) is 12.6. The Morgan fingerprint density at radius 3 is 2.57 bits per heavy atom. The van der Waals surface area contributed by atoms with Crippen molar-refractivity contribution in [1.29, 1.82) is 0 Å². The Balaban J connectivity index is 1.79. The van der Waals surface area contributed by atoms with E-state index in [1.165, 1.54) is 6.92 Å². The maximum Gasteiger partial charge on any atom is 0.433 e. The van der Waals surface area contributed by atoms with Crippen LogP contribution >= 0.6 is 22.9 Å². The highest BCUT2D eigenvalue weighted by molar-refractivity contribution is 7.20. The molecular weight excluding hydrogens is 437 g/mol. The van der Waals surface area contributed by atoms with Gasteiger partial charge in [-0.3, -0.25) is 14.9 Å². The SMILES string of the molecule is CC(=NCc1ccc(Cl)cc1)c1c(C(F)(F)F)[nH]n(-c2nc3ccccc3s2)c1=O. The molecule has 0 aliphatic carbocycles. The minimum atomic E-state index is -4.76. The predicted octanol–water partition coefficient (Wildman–Crippen LogP) is 5.46. The third kappa shape index (κ3) is 3.90. The Morgan fingerprint density at radius 2 is 1.90 bits per heavy atom. The molecule has 5 nitrogen and oxygen atoms in total. The van der Waals surface area contributed by atoms with Crippen LogP contribution < -0.4 is 5.56 Å². The van der Waals surface area contributed by atoms with Gasteiger partial charge in [-0.05, 0) is 36.8 Å². The largest absolute Gasteiger partial charge is 0.433 e. The molecule has 0 atom stereocenters. The van der Waals surface area contributed by atoms with Crippen LogP contribution in [0.5, 0.6) is 0 Å². The highest BCUT2D eigenvalue weighted by Gasteiger charge is 2.39. The van der Waals surface area contributed by atoms with Gasteiger partial charge < -0.3 is 0 Å². The molecule has 0 aliphatic rings. The fraction of sp³-hybridized carbons (Fsp3) is 0.150. The number of para-hydroxylation sites is 1. The van der Waals surface area contributed by atoms with E-state index in [1.54, 1.807) is 48.5 Å². The van der Waals surface area contributed by atoms with E-state index >= 15 is 0 Å². The zero-order valence-electron chi connectivity index (χ0n) is 15.5. The summed E-state index contributed by atoms with van der Waals surface area (Å²) in [5.41, 5.74) is -1.17. The molecule has 0 aliphatic heterocycles. The van der Waals surface area contributed by atoms with Crippen LogP contribution in [0.15, 0.2) is 58.3 Å². The number of nitrogens with one attached hydrogen (secondary N) is 1. The van der Waals surface area contributed by atoms with Gasteiger partial charge in [0.05, 0.1) is 22.3 Å². The number of alkyl halides is 3. The third-order valence-corrected chi connectivity index (χ3v) is 5.70. The number of halogens is 4. The number of aromatic amines is 1. The summed E-state index contributed by atoms with van der Waals surface area (Å²) < 4.78 is 42.6. The molecule has 2 heterocycles. The maximum atomic E-state index is 13.7. The zero-order valence-corrected chi connectivity index (χ0v) is 17.1. The molecule has 2 aromatic heterocycles. The molecule has 1 N–H and O–H groups in total. The van der Waals surface area contributed by atoms with E-state index in [2.05, 4.69) is 15.1 Å². The Kier molecular flexibility index (Phi) is 5.25. The Labute approximate surface area is 177 Å². The van der Waals surface area contributed by atoms with E-state index in [4.69, 9.17) is 11.6 Å². The molecule has 0 bridgehead atoms. The van der Waals surface area contributed by atoms with Crippen molar-refractivity contribution in [3.8, 4) is 5.13 Å². The van der Waals surface area contributed by atoms with Crippen LogP contribution in [0.4, 0.5) is 13.2 Å². The number of fused-ring (bicyclic) bond motifs is 1. The minimum Gasteiger partial charge on any atom is -0.284 e. The summed E-state index contributed by atoms with van der Waals surface area (Å²) in [6, 6.07) is 13.9. The number of thiazole rings is 1. The number of rotatable bonds is 4. The molecule has 0 fully saturated rings. The van der Waals surface area contributed by atoms with Gasteiger partial charge in [0.15, 0.2) is 5.69 Å². The quantitative estimate of drug-likeness (QED) is 0.420. The van der Waals surface area contributed by atoms with Crippen molar-refractivity contribution in [2.45, 2.75) is 19.6 Å². The van der Waals surface area contributed by atoms with E-state index in [1.807, 2.05) is 0 Å². The number of benzene rings is 2. The lowest BCUT2D eigenvalue weighted by Gasteiger charge is -2.06. The smallest absolute Gasteiger partial charge is 0.284 e. The van der Waals surface area contributed by atoms with Gasteiger partial charge >= 0.3 is 6.18 Å². The van der Waals surface area contributed by atoms with Crippen LogP contribution in [-0.4, -0.2) is 20.5 Å². The number of nitrogens with zero attached hydrogens (tertiary/aromatic N) is 3. The summed E-state index contributed by atoms with van der Waals surface area (Å²) in [5, 5.41) is 2.86. The van der Waals surface area contributed by atoms with Crippen molar-refractivity contribution in [1.82, 2.24) is 14.8 Å².